The van der Waals surface area contributed by atoms with Crippen LogP contribution >= 0.6 is 17.0 Å². The van der Waals surface area contributed by atoms with Gasteiger partial charge in [0.05, 0.1) is 0 Å². The third-order valence-electron chi connectivity index (χ3n) is 6.52. The molecule has 0 aromatic heterocycles. The van der Waals surface area contributed by atoms with Crippen molar-refractivity contribution >= 4 is 49.5 Å². The molecule has 0 N–H and O–H groups in total. The van der Waals surface area contributed by atoms with Crippen molar-refractivity contribution in [3.63, 3.8) is 0 Å². The van der Waals surface area contributed by atoms with Gasteiger partial charge in [-0.25, -0.2) is 0 Å². The maximum atomic E-state index is 4.93. The van der Waals surface area contributed by atoms with Crippen LogP contribution < -0.4 is 0 Å². The summed E-state index contributed by atoms with van der Waals surface area (Å²) in [5.74, 6) is 0. The number of benzene rings is 4. The molecule has 0 saturated carbocycles. The van der Waals surface area contributed by atoms with Crippen LogP contribution in [0, 0.1) is 42.5 Å². The summed E-state index contributed by atoms with van der Waals surface area (Å²) < 4.78 is 0. The first kappa shape index (κ1) is 35.8. The van der Waals surface area contributed by atoms with E-state index in [9.17, 15) is 0 Å². The normalized spacial score (nSPS) is 9.65. The largest absolute Gasteiger partial charge is 0 e. The van der Waals surface area contributed by atoms with Gasteiger partial charge < -0.3 is 14.9 Å². The Labute approximate surface area is 264 Å². The molecule has 6 aromatic carbocycles. The number of hydrogen-bond donors (Lipinski definition) is 0. The Morgan fingerprint density at radius 3 is 1.18 bits per heavy atom. The van der Waals surface area contributed by atoms with Crippen LogP contribution in [-0.4, -0.2) is 11.0 Å². The van der Waals surface area contributed by atoms with Gasteiger partial charge in [0.15, 0.2) is 0 Å². The predicted octanol–water partition coefficient (Wildman–Crippen LogP) is 11.6. The third kappa shape index (κ3) is 8.89. The maximum Gasteiger partial charge on any atom is 0 e. The van der Waals surface area contributed by atoms with E-state index in [1.54, 1.807) is 0 Å². The van der Waals surface area contributed by atoms with Crippen LogP contribution in [0.4, 0.5) is 0 Å². The molecule has 0 spiro atoms. The Bertz CT molecular complexity index is 1470. The molecule has 0 heterocycles. The number of halogens is 2. The van der Waals surface area contributed by atoms with Crippen LogP contribution in [0.5, 0.6) is 0 Å². The molecule has 206 valence electrons. The molecule has 4 radical (unpaired) electrons. The van der Waals surface area contributed by atoms with Gasteiger partial charge in [-0.15, -0.1) is 69.1 Å². The van der Waals surface area contributed by atoms with E-state index in [-0.39, 0.29) is 25.8 Å². The van der Waals surface area contributed by atoms with Crippen LogP contribution in [0.1, 0.15) is 22.3 Å². The molecule has 0 unspecified atom stereocenters. The van der Waals surface area contributed by atoms with E-state index in [2.05, 4.69) is 137 Å². The Kier molecular flexibility index (Phi) is 15.1. The van der Waals surface area contributed by atoms with Gasteiger partial charge in [-0.3, -0.25) is 0 Å². The fourth-order valence-corrected chi connectivity index (χ4v) is 4.74. The first-order valence-corrected chi connectivity index (χ1v) is 18.6. The molecule has 0 nitrogen and oxygen atoms in total. The molecule has 0 atom stereocenters. The van der Waals surface area contributed by atoms with Gasteiger partial charge in [0.2, 0.25) is 0 Å². The summed E-state index contributed by atoms with van der Waals surface area (Å²) in [6, 6.07) is 39.5. The second-order valence-corrected chi connectivity index (χ2v) is 13.2. The average Bonchev–Trinajstić information content (AvgIpc) is 3.46. The van der Waals surface area contributed by atoms with E-state index in [0.717, 1.165) is 0 Å². The second kappa shape index (κ2) is 16.9. The van der Waals surface area contributed by atoms with Gasteiger partial charge >= 0.3 is 37.9 Å². The molecule has 6 rings (SSSR count). The minimum Gasteiger partial charge on any atom is 0 e. The first-order chi connectivity index (χ1) is 17.9. The molecule has 0 aliphatic heterocycles. The minimum absolute atomic E-state index is 0. The van der Waals surface area contributed by atoms with E-state index in [1.807, 2.05) is 0 Å². The number of aryl methyl sites for hydroxylation is 4. The van der Waals surface area contributed by atoms with Crippen molar-refractivity contribution in [1.29, 1.82) is 0 Å². The van der Waals surface area contributed by atoms with Crippen LogP contribution in [0.2, 0.25) is 0 Å². The van der Waals surface area contributed by atoms with Gasteiger partial charge in [0.25, 0.3) is 0 Å². The van der Waals surface area contributed by atoms with Gasteiger partial charge in [-0.1, -0.05) is 96.8 Å². The number of hydrogen-bond acceptors (Lipinski definition) is 0. The summed E-state index contributed by atoms with van der Waals surface area (Å²) in [5.41, 5.74) is 10.5. The standard InChI is InChI=1S/2C17H15.2CH3.2ClH.Si.Zr/c2*1-12-6-8-14(9-7-12)16-5-3-4-15-10-13(2)11-17(15)16;;;;;;/h2*3-11H,1-2H3;2*1H3;2*1H;;/q4*-1;;;;+2/p-2. The fraction of sp³-hybridized carbons (Fsp3) is 0.111. The quantitative estimate of drug-likeness (QED) is 0.128. The monoisotopic (exact) mass is 656 g/mol. The molecule has 0 amide bonds. The summed E-state index contributed by atoms with van der Waals surface area (Å²) in [4.78, 5) is 0. The third-order valence-corrected chi connectivity index (χ3v) is 6.52. The Morgan fingerprint density at radius 1 is 0.525 bits per heavy atom. The molecular weight excluding hydrogens is 623 g/mol. The fourth-order valence-electron chi connectivity index (χ4n) is 4.74. The van der Waals surface area contributed by atoms with Gasteiger partial charge in [0, 0.05) is 11.0 Å². The van der Waals surface area contributed by atoms with E-state index in [4.69, 9.17) is 17.0 Å². The van der Waals surface area contributed by atoms with Crippen molar-refractivity contribution in [1.82, 2.24) is 0 Å². The minimum atomic E-state index is -0.826. The molecule has 0 aliphatic carbocycles. The van der Waals surface area contributed by atoms with E-state index >= 15 is 0 Å². The second-order valence-electron chi connectivity index (χ2n) is 9.49. The zero-order valence-electron chi connectivity index (χ0n) is 24.1. The topological polar surface area (TPSA) is 0 Å². The number of rotatable bonds is 2. The molecule has 40 heavy (non-hydrogen) atoms. The first-order valence-electron chi connectivity index (χ1n) is 12.3. The van der Waals surface area contributed by atoms with E-state index in [0.29, 0.717) is 0 Å². The van der Waals surface area contributed by atoms with Crippen molar-refractivity contribution < 1.29 is 20.8 Å². The van der Waals surface area contributed by atoms with E-state index < -0.39 is 20.8 Å². The van der Waals surface area contributed by atoms with Crippen LogP contribution in [-0.2, 0) is 20.8 Å². The molecule has 0 saturated heterocycles. The summed E-state index contributed by atoms with van der Waals surface area (Å²) >= 11 is -0.826. The van der Waals surface area contributed by atoms with Crippen molar-refractivity contribution in [2.45, 2.75) is 27.7 Å². The van der Waals surface area contributed by atoms with Crippen LogP contribution in [0.15, 0.2) is 109 Å². The number of fused-ring (bicyclic) bond motifs is 2. The van der Waals surface area contributed by atoms with Crippen LogP contribution in [0.25, 0.3) is 43.8 Å². The molecule has 6 aromatic rings. The molecular formula is C36H36Cl2SiZr-4. The Balaban J connectivity index is 0.000000341. The molecule has 0 aliphatic rings. The predicted molar refractivity (Wildman–Crippen MR) is 179 cm³/mol. The van der Waals surface area contributed by atoms with Crippen molar-refractivity contribution in [2.75, 3.05) is 0 Å². The van der Waals surface area contributed by atoms with E-state index in [1.165, 1.54) is 66.1 Å². The SMILES string of the molecule is Cc1ccc(-c2cccc3[cH-]c(C)cc23)cc1.Cc1ccc(-c2cccc3[cH-]c(C)cc23)cc1.[CH3-].[CH3-].[Cl][Zr][Cl].[Si]. The van der Waals surface area contributed by atoms with Crippen molar-refractivity contribution in [3.05, 3.63) is 146 Å². The zero-order valence-corrected chi connectivity index (χ0v) is 29.1. The summed E-state index contributed by atoms with van der Waals surface area (Å²) in [6.07, 6.45) is 0. The average molecular weight is 659 g/mol. The zero-order chi connectivity index (χ0) is 26.4. The van der Waals surface area contributed by atoms with Gasteiger partial charge in [0.1, 0.15) is 0 Å². The Hall–Kier alpha value is -2.22. The maximum absolute atomic E-state index is 4.93. The molecule has 0 bridgehead atoms. The molecule has 0 fully saturated rings. The summed E-state index contributed by atoms with van der Waals surface area (Å²) in [5, 5.41) is 5.38. The van der Waals surface area contributed by atoms with Crippen LogP contribution in [0.3, 0.4) is 0 Å². The Morgan fingerprint density at radius 2 is 0.850 bits per heavy atom. The summed E-state index contributed by atoms with van der Waals surface area (Å²) in [6.45, 7) is 8.55. The van der Waals surface area contributed by atoms with Gasteiger partial charge in [-0.05, 0) is 25.0 Å². The smallest absolute Gasteiger partial charge is 0 e. The molecule has 4 heteroatoms. The van der Waals surface area contributed by atoms with Gasteiger partial charge in [-0.2, -0.15) is 12.1 Å². The summed E-state index contributed by atoms with van der Waals surface area (Å²) in [7, 11) is 9.87. The van der Waals surface area contributed by atoms with Crippen molar-refractivity contribution in [2.24, 2.45) is 0 Å². The van der Waals surface area contributed by atoms with Crippen molar-refractivity contribution in [3.8, 4) is 22.3 Å².